The summed E-state index contributed by atoms with van der Waals surface area (Å²) in [7, 11) is -3.14. The van der Waals surface area contributed by atoms with Crippen molar-refractivity contribution in [2.75, 3.05) is 72.2 Å². The van der Waals surface area contributed by atoms with Crippen LogP contribution in [0.5, 0.6) is 0 Å². The number of nitrogens with one attached hydrogen (secondary N) is 2. The van der Waals surface area contributed by atoms with Crippen LogP contribution in [0.1, 0.15) is 16.7 Å². The van der Waals surface area contributed by atoms with Gasteiger partial charge in [-0.2, -0.15) is 0 Å². The molecule has 0 aliphatic carbocycles. The van der Waals surface area contributed by atoms with Crippen molar-refractivity contribution in [2.24, 2.45) is 0 Å². The molecule has 0 spiro atoms. The zero-order valence-corrected chi connectivity index (χ0v) is 15.3. The largest absolute Gasteiger partial charge is 0.378 e. The fourth-order valence-corrected chi connectivity index (χ4v) is 1.93. The summed E-state index contributed by atoms with van der Waals surface area (Å²) in [5.41, 5.74) is 0. The van der Waals surface area contributed by atoms with Crippen LogP contribution >= 0.6 is 0 Å². The summed E-state index contributed by atoms with van der Waals surface area (Å²) >= 11 is 0. The highest BCUT2D eigenvalue weighted by atomic mass is 32.2. The molecule has 0 heterocycles. The Hall–Kier alpha value is -0.290. The molecule has 8 nitrogen and oxygen atoms in total. The van der Waals surface area contributed by atoms with Crippen molar-refractivity contribution in [3.8, 4) is 0 Å². The third kappa shape index (κ3) is 21.7. The zero-order valence-electron chi connectivity index (χ0n) is 14.5. The second-order valence-electron chi connectivity index (χ2n) is 5.22. The van der Waals surface area contributed by atoms with Crippen molar-refractivity contribution < 1.29 is 30.2 Å². The Morgan fingerprint density at radius 3 is 1.57 bits per heavy atom. The molecule has 0 aromatic carbocycles. The lowest BCUT2D eigenvalue weighted by Crippen LogP contribution is -2.27. The van der Waals surface area contributed by atoms with Crippen molar-refractivity contribution in [2.45, 2.75) is 19.9 Å². The standard InChI is InChI=1S/C14H32N2O6S.2H2/c1-14(2)15-4-6-19-8-10-21-12-13-22-11-9-20-7-5-16-23(3,17)18;;/h14-16H,4-13H2,1-3H3;2*1H. The van der Waals surface area contributed by atoms with Gasteiger partial charge in [0.2, 0.25) is 10.0 Å². The smallest absolute Gasteiger partial charge is 0.208 e. The van der Waals surface area contributed by atoms with Gasteiger partial charge in [0.25, 0.3) is 0 Å². The van der Waals surface area contributed by atoms with Gasteiger partial charge in [0.15, 0.2) is 0 Å². The van der Waals surface area contributed by atoms with Crippen LogP contribution in [0.15, 0.2) is 0 Å². The molecule has 9 heteroatoms. The molecule has 0 aromatic rings. The molecule has 23 heavy (non-hydrogen) atoms. The summed E-state index contributed by atoms with van der Waals surface area (Å²) in [6.45, 7) is 9.37. The van der Waals surface area contributed by atoms with E-state index in [4.69, 9.17) is 18.9 Å². The Balaban J connectivity index is -0.00000242. The van der Waals surface area contributed by atoms with E-state index < -0.39 is 10.0 Å². The molecule has 0 atom stereocenters. The topological polar surface area (TPSA) is 95.1 Å². The van der Waals surface area contributed by atoms with Gasteiger partial charge in [0, 0.05) is 22.0 Å². The molecule has 0 saturated heterocycles. The van der Waals surface area contributed by atoms with E-state index in [1.807, 2.05) is 0 Å². The number of sulfonamides is 1. The molecule has 0 aromatic heterocycles. The van der Waals surface area contributed by atoms with Gasteiger partial charge >= 0.3 is 0 Å². The first-order valence-corrected chi connectivity index (χ1v) is 9.80. The van der Waals surface area contributed by atoms with Gasteiger partial charge in [-0.05, 0) is 0 Å². The van der Waals surface area contributed by atoms with E-state index in [9.17, 15) is 8.42 Å². The number of hydrogen-bond acceptors (Lipinski definition) is 7. The van der Waals surface area contributed by atoms with Crippen molar-refractivity contribution in [3.05, 3.63) is 0 Å². The molecule has 0 aliphatic rings. The third-order valence-corrected chi connectivity index (χ3v) is 3.25. The molecule has 0 rings (SSSR count). The molecular weight excluding hydrogens is 324 g/mol. The maximum Gasteiger partial charge on any atom is 0.208 e. The molecule has 0 aliphatic heterocycles. The minimum atomic E-state index is -3.14. The number of ether oxygens (including phenoxy) is 4. The van der Waals surface area contributed by atoms with Crippen molar-refractivity contribution in [1.82, 2.24) is 10.0 Å². The minimum Gasteiger partial charge on any atom is -0.378 e. The fraction of sp³-hybridized carbons (Fsp3) is 1.00. The van der Waals surface area contributed by atoms with E-state index in [1.165, 1.54) is 0 Å². The van der Waals surface area contributed by atoms with Crippen LogP contribution in [-0.2, 0) is 29.0 Å². The van der Waals surface area contributed by atoms with Crippen molar-refractivity contribution in [1.29, 1.82) is 0 Å². The first kappa shape index (κ1) is 22.7. The van der Waals surface area contributed by atoms with Gasteiger partial charge in [0.05, 0.1) is 59.1 Å². The summed E-state index contributed by atoms with van der Waals surface area (Å²) in [6, 6.07) is 0.479. The summed E-state index contributed by atoms with van der Waals surface area (Å²) in [5, 5.41) is 3.26. The second-order valence-corrected chi connectivity index (χ2v) is 7.06. The SMILES string of the molecule is CC(C)NCCOCCOCCOCCOCCNS(C)(=O)=O.[HH].[HH]. The quantitative estimate of drug-likeness (QED) is 0.355. The van der Waals surface area contributed by atoms with E-state index in [2.05, 4.69) is 23.9 Å². The lowest BCUT2D eigenvalue weighted by molar-refractivity contribution is -0.000902. The van der Waals surface area contributed by atoms with Crippen LogP contribution in [0.25, 0.3) is 0 Å². The van der Waals surface area contributed by atoms with Gasteiger partial charge in [-0.25, -0.2) is 13.1 Å². The molecular formula is C14H36N2O6S. The predicted molar refractivity (Wildman–Crippen MR) is 93.5 cm³/mol. The van der Waals surface area contributed by atoms with Gasteiger partial charge in [-0.15, -0.1) is 0 Å². The Morgan fingerprint density at radius 2 is 1.17 bits per heavy atom. The van der Waals surface area contributed by atoms with E-state index >= 15 is 0 Å². The maximum atomic E-state index is 10.8. The second kappa shape index (κ2) is 15.3. The summed E-state index contributed by atoms with van der Waals surface area (Å²) in [5.74, 6) is 0. The maximum absolute atomic E-state index is 10.8. The fourth-order valence-electron chi connectivity index (χ4n) is 1.48. The molecule has 2 N–H and O–H groups in total. The summed E-state index contributed by atoms with van der Waals surface area (Å²) in [6.07, 6.45) is 1.11. The molecule has 0 bridgehead atoms. The van der Waals surface area contributed by atoms with Crippen LogP contribution in [-0.4, -0.2) is 86.7 Å². The predicted octanol–water partition coefficient (Wildman–Crippen LogP) is 0.0920. The Labute approximate surface area is 143 Å². The van der Waals surface area contributed by atoms with Crippen LogP contribution in [0.2, 0.25) is 0 Å². The molecule has 144 valence electrons. The zero-order chi connectivity index (χ0) is 17.4. The molecule has 0 saturated carbocycles. The van der Waals surface area contributed by atoms with Crippen molar-refractivity contribution in [3.63, 3.8) is 0 Å². The van der Waals surface area contributed by atoms with Crippen LogP contribution in [0.3, 0.4) is 0 Å². The van der Waals surface area contributed by atoms with Gasteiger partial charge in [-0.1, -0.05) is 13.8 Å². The average Bonchev–Trinajstić information content (AvgIpc) is 2.45. The van der Waals surface area contributed by atoms with E-state index in [0.29, 0.717) is 58.9 Å². The highest BCUT2D eigenvalue weighted by Crippen LogP contribution is 1.83. The third-order valence-electron chi connectivity index (χ3n) is 2.53. The average molecular weight is 361 g/mol. The lowest BCUT2D eigenvalue weighted by atomic mass is 10.4. The summed E-state index contributed by atoms with van der Waals surface area (Å²) < 4.78 is 45.2. The Morgan fingerprint density at radius 1 is 0.783 bits per heavy atom. The molecule has 0 radical (unpaired) electrons. The number of hydrogen-bond donors (Lipinski definition) is 2. The van der Waals surface area contributed by atoms with E-state index in [1.54, 1.807) is 0 Å². The molecule has 0 unspecified atom stereocenters. The van der Waals surface area contributed by atoms with Crippen molar-refractivity contribution >= 4 is 10.0 Å². The highest BCUT2D eigenvalue weighted by Gasteiger charge is 1.98. The number of rotatable bonds is 17. The monoisotopic (exact) mass is 360 g/mol. The Kier molecular flexibility index (Phi) is 15.1. The minimum absolute atomic E-state index is 0. The molecule has 0 amide bonds. The van der Waals surface area contributed by atoms with E-state index in [0.717, 1.165) is 12.8 Å². The Bertz CT molecular complexity index is 361. The van der Waals surface area contributed by atoms with Gasteiger partial charge < -0.3 is 24.3 Å². The van der Waals surface area contributed by atoms with Gasteiger partial charge in [0.1, 0.15) is 0 Å². The summed E-state index contributed by atoms with van der Waals surface area (Å²) in [4.78, 5) is 0. The van der Waals surface area contributed by atoms with Crippen LogP contribution < -0.4 is 10.0 Å². The van der Waals surface area contributed by atoms with E-state index in [-0.39, 0.29) is 9.40 Å². The van der Waals surface area contributed by atoms with Crippen LogP contribution in [0.4, 0.5) is 0 Å². The lowest BCUT2D eigenvalue weighted by Gasteiger charge is -2.09. The first-order valence-electron chi connectivity index (χ1n) is 7.91. The normalized spacial score (nSPS) is 12.2. The highest BCUT2D eigenvalue weighted by molar-refractivity contribution is 7.88. The first-order chi connectivity index (χ1) is 10.9. The van der Waals surface area contributed by atoms with Gasteiger partial charge in [-0.3, -0.25) is 0 Å². The van der Waals surface area contributed by atoms with Crippen LogP contribution in [0, 0.1) is 0 Å². The molecule has 0 fully saturated rings.